The van der Waals surface area contributed by atoms with Crippen molar-refractivity contribution in [2.24, 2.45) is 0 Å². The number of ether oxygens (including phenoxy) is 1. The van der Waals surface area contributed by atoms with E-state index in [2.05, 4.69) is 5.32 Å². The van der Waals surface area contributed by atoms with Crippen molar-refractivity contribution in [1.82, 2.24) is 5.32 Å². The molecule has 172 valence electrons. The number of amides is 1. The highest BCUT2D eigenvalue weighted by Gasteiger charge is 2.33. The maximum atomic E-state index is 12.9. The molecule has 1 atom stereocenters. The number of carbonyl (C=O) groups excluding carboxylic acids is 4. The van der Waals surface area contributed by atoms with Crippen LogP contribution in [0.2, 0.25) is 5.02 Å². The van der Waals surface area contributed by atoms with Crippen LogP contribution in [0.1, 0.15) is 61.1 Å². The van der Waals surface area contributed by atoms with Gasteiger partial charge in [0.25, 0.3) is 5.91 Å². The number of nitrogens with one attached hydrogen (secondary N) is 1. The summed E-state index contributed by atoms with van der Waals surface area (Å²) >= 11 is 6.37. The lowest BCUT2D eigenvalue weighted by Gasteiger charge is -2.19. The molecule has 3 aromatic carbocycles. The van der Waals surface area contributed by atoms with Crippen LogP contribution >= 0.6 is 11.6 Å². The number of aryl methyl sites for hydroxylation is 1. The average molecular weight is 476 g/mol. The predicted octanol–water partition coefficient (Wildman–Crippen LogP) is 4.41. The fourth-order valence-corrected chi connectivity index (χ4v) is 4.26. The van der Waals surface area contributed by atoms with Crippen molar-refractivity contribution in [1.29, 1.82) is 0 Å². The number of rotatable bonds is 7. The second-order valence-corrected chi connectivity index (χ2v) is 8.50. The molecule has 0 radical (unpaired) electrons. The maximum Gasteiger partial charge on any atom is 0.340 e. The van der Waals surface area contributed by atoms with Crippen molar-refractivity contribution >= 4 is 35.0 Å². The molecule has 0 aliphatic heterocycles. The summed E-state index contributed by atoms with van der Waals surface area (Å²) in [7, 11) is 0. The Labute approximate surface area is 201 Å². The van der Waals surface area contributed by atoms with Gasteiger partial charge in [0.05, 0.1) is 16.1 Å². The molecule has 0 fully saturated rings. The van der Waals surface area contributed by atoms with Gasteiger partial charge in [0.2, 0.25) is 0 Å². The van der Waals surface area contributed by atoms with Crippen molar-refractivity contribution in [3.63, 3.8) is 0 Å². The van der Waals surface area contributed by atoms with E-state index in [-0.39, 0.29) is 39.1 Å². The summed E-state index contributed by atoms with van der Waals surface area (Å²) in [6, 6.07) is 19.0. The molecule has 7 heteroatoms. The molecule has 0 aromatic heterocycles. The molecule has 0 heterocycles. The predicted molar refractivity (Wildman–Crippen MR) is 127 cm³/mol. The number of hydrogen-bond donors (Lipinski definition) is 1. The molecule has 3 aromatic rings. The van der Waals surface area contributed by atoms with E-state index in [9.17, 15) is 19.2 Å². The van der Waals surface area contributed by atoms with Gasteiger partial charge in [0.1, 0.15) is 0 Å². The zero-order valence-electron chi connectivity index (χ0n) is 18.5. The first-order valence-electron chi connectivity index (χ1n) is 10.9. The normalized spacial score (nSPS) is 13.0. The maximum absolute atomic E-state index is 12.9. The first-order valence-corrected chi connectivity index (χ1v) is 11.3. The highest BCUT2D eigenvalue weighted by atomic mass is 35.5. The number of fused-ring (bicyclic) bond motifs is 2. The Balaban J connectivity index is 1.39. The van der Waals surface area contributed by atoms with Crippen LogP contribution in [0.3, 0.4) is 0 Å². The van der Waals surface area contributed by atoms with E-state index in [0.717, 1.165) is 12.8 Å². The standard InChI is InChI=1S/C27H22ClNO5/c1-16(11-12-17-7-3-2-4-8-17)29-22(30)15-34-27(33)21-14-13-20-23(24(21)28)26(32)19-10-6-5-9-18(19)25(20)31/h2-10,13-14,16H,11-12,15H2,1H3,(H,29,30)/t16-/m1/s1. The van der Waals surface area contributed by atoms with Crippen LogP contribution in [0, 0.1) is 0 Å². The lowest BCUT2D eigenvalue weighted by Crippen LogP contribution is -2.36. The Morgan fingerprint density at radius 2 is 1.53 bits per heavy atom. The van der Waals surface area contributed by atoms with E-state index < -0.39 is 24.3 Å². The van der Waals surface area contributed by atoms with Crippen molar-refractivity contribution in [3.8, 4) is 0 Å². The fourth-order valence-electron chi connectivity index (χ4n) is 3.93. The van der Waals surface area contributed by atoms with Gasteiger partial charge in [0.15, 0.2) is 18.2 Å². The second kappa shape index (κ2) is 10.0. The van der Waals surface area contributed by atoms with Gasteiger partial charge >= 0.3 is 5.97 Å². The van der Waals surface area contributed by atoms with E-state index in [4.69, 9.17) is 16.3 Å². The smallest absolute Gasteiger partial charge is 0.340 e. The Kier molecular flexibility index (Phi) is 6.89. The third-order valence-electron chi connectivity index (χ3n) is 5.70. The minimum absolute atomic E-state index is 0.0289. The van der Waals surface area contributed by atoms with Crippen molar-refractivity contribution in [2.75, 3.05) is 6.61 Å². The fraction of sp³-hybridized carbons (Fsp3) is 0.185. The molecule has 0 saturated carbocycles. The Hall–Kier alpha value is -3.77. The van der Waals surface area contributed by atoms with Crippen LogP contribution in [0.5, 0.6) is 0 Å². The highest BCUT2D eigenvalue weighted by Crippen LogP contribution is 2.34. The van der Waals surface area contributed by atoms with Gasteiger partial charge < -0.3 is 10.1 Å². The average Bonchev–Trinajstić information content (AvgIpc) is 2.85. The molecule has 34 heavy (non-hydrogen) atoms. The largest absolute Gasteiger partial charge is 0.452 e. The van der Waals surface area contributed by atoms with E-state index in [0.29, 0.717) is 5.56 Å². The summed E-state index contributed by atoms with van der Waals surface area (Å²) in [6.45, 7) is 1.39. The number of ketones is 2. The van der Waals surface area contributed by atoms with E-state index in [1.807, 2.05) is 37.3 Å². The lowest BCUT2D eigenvalue weighted by atomic mass is 9.83. The number of halogens is 1. The molecular formula is C27H22ClNO5. The SMILES string of the molecule is C[C@H](CCc1ccccc1)NC(=O)COC(=O)c1ccc2c(c1Cl)C(=O)c1ccccc1C2=O. The monoisotopic (exact) mass is 475 g/mol. The molecule has 1 aliphatic carbocycles. The molecule has 4 rings (SSSR count). The van der Waals surface area contributed by atoms with Gasteiger partial charge in [-0.2, -0.15) is 0 Å². The van der Waals surface area contributed by atoms with Crippen molar-refractivity contribution < 1.29 is 23.9 Å². The van der Waals surface area contributed by atoms with Crippen molar-refractivity contribution in [2.45, 2.75) is 25.8 Å². The quantitative estimate of drug-likeness (QED) is 0.400. The molecule has 6 nitrogen and oxygen atoms in total. The van der Waals surface area contributed by atoms with Crippen molar-refractivity contribution in [3.05, 3.63) is 105 Å². The summed E-state index contributed by atoms with van der Waals surface area (Å²) < 4.78 is 5.13. The minimum atomic E-state index is -0.848. The highest BCUT2D eigenvalue weighted by molar-refractivity contribution is 6.41. The molecular weight excluding hydrogens is 454 g/mol. The number of hydrogen-bond acceptors (Lipinski definition) is 5. The lowest BCUT2D eigenvalue weighted by molar-refractivity contribution is -0.124. The summed E-state index contributed by atoms with van der Waals surface area (Å²) in [5, 5.41) is 2.64. The summed E-state index contributed by atoms with van der Waals surface area (Å²) in [5.41, 5.74) is 1.73. The topological polar surface area (TPSA) is 89.5 Å². The number of esters is 1. The summed E-state index contributed by atoms with van der Waals surface area (Å²) in [4.78, 5) is 50.5. The molecule has 1 N–H and O–H groups in total. The van der Waals surface area contributed by atoms with Crippen LogP contribution in [-0.4, -0.2) is 36.1 Å². The van der Waals surface area contributed by atoms with Crippen LogP contribution < -0.4 is 5.32 Å². The Morgan fingerprint density at radius 3 is 2.24 bits per heavy atom. The third-order valence-corrected chi connectivity index (χ3v) is 6.09. The zero-order chi connectivity index (χ0) is 24.2. The molecule has 0 spiro atoms. The second-order valence-electron chi connectivity index (χ2n) is 8.12. The minimum Gasteiger partial charge on any atom is -0.452 e. The van der Waals surface area contributed by atoms with Crippen LogP contribution in [0.25, 0.3) is 0 Å². The first-order chi connectivity index (χ1) is 16.4. The van der Waals surface area contributed by atoms with E-state index in [1.54, 1.807) is 24.3 Å². The third kappa shape index (κ3) is 4.77. The zero-order valence-corrected chi connectivity index (χ0v) is 19.2. The summed E-state index contributed by atoms with van der Waals surface area (Å²) in [5.74, 6) is -2.06. The van der Waals surface area contributed by atoms with Gasteiger partial charge in [-0.25, -0.2) is 4.79 Å². The molecule has 1 aliphatic rings. The van der Waals surface area contributed by atoms with Gasteiger partial charge in [0, 0.05) is 22.7 Å². The van der Waals surface area contributed by atoms with E-state index >= 15 is 0 Å². The number of benzene rings is 3. The van der Waals surface area contributed by atoms with Gasteiger partial charge in [-0.15, -0.1) is 0 Å². The molecule has 0 saturated heterocycles. The van der Waals surface area contributed by atoms with Gasteiger partial charge in [-0.1, -0.05) is 66.2 Å². The first kappa shape index (κ1) is 23.4. The summed E-state index contributed by atoms with van der Waals surface area (Å²) in [6.07, 6.45) is 1.54. The van der Waals surface area contributed by atoms with E-state index in [1.165, 1.54) is 17.7 Å². The molecule has 0 bridgehead atoms. The van der Waals surface area contributed by atoms with Crippen LogP contribution in [-0.2, 0) is 16.0 Å². The number of carbonyl (C=O) groups is 4. The van der Waals surface area contributed by atoms with Crippen LogP contribution in [0.15, 0.2) is 66.7 Å². The van der Waals surface area contributed by atoms with Gasteiger partial charge in [-0.3, -0.25) is 14.4 Å². The molecule has 0 unspecified atom stereocenters. The van der Waals surface area contributed by atoms with Crippen LogP contribution in [0.4, 0.5) is 0 Å². The molecule has 1 amide bonds. The Morgan fingerprint density at radius 1 is 0.882 bits per heavy atom. The van der Waals surface area contributed by atoms with Gasteiger partial charge in [-0.05, 0) is 37.5 Å². The Bertz CT molecular complexity index is 1290.